The Labute approximate surface area is 151 Å². The zero-order valence-electron chi connectivity index (χ0n) is 14.7. The van der Waals surface area contributed by atoms with E-state index >= 15 is 0 Å². The molecule has 1 aliphatic rings. The first-order valence-corrected chi connectivity index (χ1v) is 9.10. The summed E-state index contributed by atoms with van der Waals surface area (Å²) in [5.41, 5.74) is 2.79. The number of aryl methyl sites for hydroxylation is 2. The van der Waals surface area contributed by atoms with E-state index in [4.69, 9.17) is 4.74 Å². The van der Waals surface area contributed by atoms with Gasteiger partial charge in [-0.05, 0) is 55.9 Å². The Hall–Kier alpha value is -1.56. The third-order valence-electron chi connectivity index (χ3n) is 4.08. The molecule has 24 heavy (non-hydrogen) atoms. The molecule has 1 saturated heterocycles. The maximum Gasteiger partial charge on any atom is 0.410 e. The second kappa shape index (κ2) is 8.01. The quantitative estimate of drug-likeness (QED) is 0.826. The van der Waals surface area contributed by atoms with Crippen molar-refractivity contribution in [1.82, 2.24) is 4.90 Å². The molecule has 1 aliphatic heterocycles. The maximum atomic E-state index is 12.7. The van der Waals surface area contributed by atoms with Crippen molar-refractivity contribution in [2.24, 2.45) is 5.92 Å². The maximum absolute atomic E-state index is 12.7. The second-order valence-electron chi connectivity index (χ2n) is 6.73. The summed E-state index contributed by atoms with van der Waals surface area (Å²) in [7, 11) is 0. The fourth-order valence-corrected chi connectivity index (χ4v) is 3.58. The van der Waals surface area contributed by atoms with Crippen LogP contribution >= 0.6 is 15.9 Å². The van der Waals surface area contributed by atoms with Crippen molar-refractivity contribution in [2.75, 3.05) is 18.5 Å². The molecular formula is C18H25BrN2O3. The van der Waals surface area contributed by atoms with Crippen LogP contribution in [0.4, 0.5) is 10.5 Å². The van der Waals surface area contributed by atoms with Crippen molar-refractivity contribution >= 4 is 33.6 Å². The lowest BCUT2D eigenvalue weighted by Gasteiger charge is -2.24. The summed E-state index contributed by atoms with van der Waals surface area (Å²) in [4.78, 5) is 26.4. The Kier molecular flexibility index (Phi) is 6.27. The van der Waals surface area contributed by atoms with Gasteiger partial charge in [0.25, 0.3) is 0 Å². The van der Waals surface area contributed by atoms with Crippen molar-refractivity contribution in [1.29, 1.82) is 0 Å². The summed E-state index contributed by atoms with van der Waals surface area (Å²) in [5, 5.41) is 2.99. The Morgan fingerprint density at radius 1 is 1.33 bits per heavy atom. The smallest absolute Gasteiger partial charge is 0.410 e. The molecule has 132 valence electrons. The molecule has 2 rings (SSSR count). The van der Waals surface area contributed by atoms with E-state index in [0.717, 1.165) is 27.7 Å². The highest BCUT2D eigenvalue weighted by Gasteiger charge is 2.35. The monoisotopic (exact) mass is 396 g/mol. The zero-order chi connectivity index (χ0) is 17.9. The largest absolute Gasteiger partial charge is 0.449 e. The molecule has 1 fully saturated rings. The highest BCUT2D eigenvalue weighted by molar-refractivity contribution is 9.10. The molecule has 1 N–H and O–H groups in total. The summed E-state index contributed by atoms with van der Waals surface area (Å²) in [6.45, 7) is 8.82. The van der Waals surface area contributed by atoms with Gasteiger partial charge in [-0.3, -0.25) is 9.69 Å². The third kappa shape index (κ3) is 4.50. The van der Waals surface area contributed by atoms with Gasteiger partial charge >= 0.3 is 6.09 Å². The Morgan fingerprint density at radius 2 is 1.96 bits per heavy atom. The molecule has 0 bridgehead atoms. The minimum absolute atomic E-state index is 0.150. The lowest BCUT2D eigenvalue weighted by atomic mass is 10.1. The van der Waals surface area contributed by atoms with Gasteiger partial charge in [0.05, 0.1) is 6.61 Å². The SMILES string of the molecule is Cc1cc(Br)cc(C)c1NC(=O)C1CCCN1C(=O)OCC(C)C. The number of benzene rings is 1. The Morgan fingerprint density at radius 3 is 2.54 bits per heavy atom. The highest BCUT2D eigenvalue weighted by Crippen LogP contribution is 2.27. The van der Waals surface area contributed by atoms with Crippen LogP contribution in [0.3, 0.4) is 0 Å². The van der Waals surface area contributed by atoms with E-state index < -0.39 is 12.1 Å². The average Bonchev–Trinajstić information content (AvgIpc) is 2.97. The average molecular weight is 397 g/mol. The van der Waals surface area contributed by atoms with Gasteiger partial charge < -0.3 is 10.1 Å². The molecule has 1 aromatic rings. The van der Waals surface area contributed by atoms with E-state index in [2.05, 4.69) is 21.2 Å². The lowest BCUT2D eigenvalue weighted by molar-refractivity contribution is -0.120. The summed E-state index contributed by atoms with van der Waals surface area (Å²) >= 11 is 3.45. The molecule has 6 heteroatoms. The van der Waals surface area contributed by atoms with Crippen LogP contribution in [0.25, 0.3) is 0 Å². The number of carbonyl (C=O) groups is 2. The number of nitrogens with zero attached hydrogens (tertiary/aromatic N) is 1. The molecule has 0 radical (unpaired) electrons. The normalized spacial score (nSPS) is 17.2. The predicted molar refractivity (Wildman–Crippen MR) is 98.2 cm³/mol. The number of likely N-dealkylation sites (tertiary alicyclic amines) is 1. The van der Waals surface area contributed by atoms with E-state index in [1.54, 1.807) is 4.90 Å². The number of amides is 2. The number of rotatable bonds is 4. The number of nitrogens with one attached hydrogen (secondary N) is 1. The van der Waals surface area contributed by atoms with Crippen molar-refractivity contribution < 1.29 is 14.3 Å². The fourth-order valence-electron chi connectivity index (χ4n) is 2.89. The first-order chi connectivity index (χ1) is 11.3. The molecule has 1 unspecified atom stereocenters. The van der Waals surface area contributed by atoms with Gasteiger partial charge in [-0.15, -0.1) is 0 Å². The minimum atomic E-state index is -0.466. The van der Waals surface area contributed by atoms with Crippen molar-refractivity contribution in [3.05, 3.63) is 27.7 Å². The van der Waals surface area contributed by atoms with Crippen molar-refractivity contribution in [3.8, 4) is 0 Å². The van der Waals surface area contributed by atoms with Crippen LogP contribution in [0.1, 0.15) is 37.8 Å². The molecule has 5 nitrogen and oxygen atoms in total. The molecule has 0 spiro atoms. The standard InChI is InChI=1S/C18H25BrN2O3/c1-11(2)10-24-18(23)21-7-5-6-15(21)17(22)20-16-12(3)8-14(19)9-13(16)4/h8-9,11,15H,5-7,10H2,1-4H3,(H,20,22). The molecule has 1 heterocycles. The fraction of sp³-hybridized carbons (Fsp3) is 0.556. The second-order valence-corrected chi connectivity index (χ2v) is 7.64. The number of hydrogen-bond acceptors (Lipinski definition) is 3. The van der Waals surface area contributed by atoms with Crippen molar-refractivity contribution in [3.63, 3.8) is 0 Å². The lowest BCUT2D eigenvalue weighted by Crippen LogP contribution is -2.43. The number of halogens is 1. The Balaban J connectivity index is 2.07. The van der Waals surface area contributed by atoms with Gasteiger partial charge in [0.1, 0.15) is 6.04 Å². The van der Waals surface area contributed by atoms with Gasteiger partial charge in [-0.2, -0.15) is 0 Å². The molecule has 0 saturated carbocycles. The molecular weight excluding hydrogens is 372 g/mol. The van der Waals surface area contributed by atoms with Crippen LogP contribution in [0.15, 0.2) is 16.6 Å². The minimum Gasteiger partial charge on any atom is -0.449 e. The summed E-state index contributed by atoms with van der Waals surface area (Å²) in [6.07, 6.45) is 1.08. The van der Waals surface area contributed by atoms with Gasteiger partial charge in [-0.1, -0.05) is 29.8 Å². The first kappa shape index (κ1) is 18.8. The van der Waals surface area contributed by atoms with E-state index in [9.17, 15) is 9.59 Å². The summed E-state index contributed by atoms with van der Waals surface area (Å²) in [6, 6.07) is 3.46. The number of anilines is 1. The van der Waals surface area contributed by atoms with Crippen LogP contribution in [-0.4, -0.2) is 36.1 Å². The van der Waals surface area contributed by atoms with E-state index in [-0.39, 0.29) is 11.8 Å². The van der Waals surface area contributed by atoms with Crippen LogP contribution in [0.5, 0.6) is 0 Å². The molecule has 1 aromatic carbocycles. The Bertz CT molecular complexity index is 608. The van der Waals surface area contributed by atoms with Crippen molar-refractivity contribution in [2.45, 2.75) is 46.6 Å². The summed E-state index contributed by atoms with van der Waals surface area (Å²) in [5.74, 6) is 0.124. The summed E-state index contributed by atoms with van der Waals surface area (Å²) < 4.78 is 6.26. The molecule has 1 atom stereocenters. The van der Waals surface area contributed by atoms with E-state index in [1.807, 2.05) is 39.8 Å². The first-order valence-electron chi connectivity index (χ1n) is 8.30. The highest BCUT2D eigenvalue weighted by atomic mass is 79.9. The van der Waals surface area contributed by atoms with E-state index in [0.29, 0.717) is 19.6 Å². The zero-order valence-corrected chi connectivity index (χ0v) is 16.3. The topological polar surface area (TPSA) is 58.6 Å². The predicted octanol–water partition coefficient (Wildman–Crippen LogP) is 4.26. The van der Waals surface area contributed by atoms with Gasteiger partial charge in [0.2, 0.25) is 5.91 Å². The van der Waals surface area contributed by atoms with Gasteiger partial charge in [0, 0.05) is 16.7 Å². The third-order valence-corrected chi connectivity index (χ3v) is 4.53. The van der Waals surface area contributed by atoms with Crippen LogP contribution in [-0.2, 0) is 9.53 Å². The van der Waals surface area contributed by atoms with Gasteiger partial charge in [-0.25, -0.2) is 4.79 Å². The van der Waals surface area contributed by atoms with Gasteiger partial charge in [0.15, 0.2) is 0 Å². The molecule has 2 amide bonds. The molecule has 0 aliphatic carbocycles. The van der Waals surface area contributed by atoms with Crippen LogP contribution in [0, 0.1) is 19.8 Å². The number of carbonyl (C=O) groups excluding carboxylic acids is 2. The number of hydrogen-bond donors (Lipinski definition) is 1. The number of ether oxygens (including phenoxy) is 1. The van der Waals surface area contributed by atoms with E-state index in [1.165, 1.54) is 0 Å². The van der Waals surface area contributed by atoms with Crippen LogP contribution < -0.4 is 5.32 Å². The molecule has 0 aromatic heterocycles. The van der Waals surface area contributed by atoms with Crippen LogP contribution in [0.2, 0.25) is 0 Å².